The minimum atomic E-state index is -0.518. The van der Waals surface area contributed by atoms with Gasteiger partial charge in [-0.3, -0.25) is 0 Å². The van der Waals surface area contributed by atoms with Crippen LogP contribution in [0.1, 0.15) is 11.1 Å². The molecule has 0 aromatic heterocycles. The lowest BCUT2D eigenvalue weighted by Gasteiger charge is -2.21. The number of hydrogen-bond donors (Lipinski definition) is 1. The molecular formula is C17H20F2N2. The van der Waals surface area contributed by atoms with Crippen molar-refractivity contribution in [1.29, 1.82) is 0 Å². The summed E-state index contributed by atoms with van der Waals surface area (Å²) in [6.07, 6.45) is 0.745. The van der Waals surface area contributed by atoms with Gasteiger partial charge >= 0.3 is 0 Å². The number of rotatable bonds is 6. The zero-order valence-corrected chi connectivity index (χ0v) is 12.4. The van der Waals surface area contributed by atoms with Crippen molar-refractivity contribution >= 4 is 5.69 Å². The van der Waals surface area contributed by atoms with Gasteiger partial charge in [-0.2, -0.15) is 0 Å². The molecule has 0 bridgehead atoms. The highest BCUT2D eigenvalue weighted by atomic mass is 19.1. The van der Waals surface area contributed by atoms with Gasteiger partial charge in [-0.05, 0) is 36.7 Å². The average molecular weight is 290 g/mol. The van der Waals surface area contributed by atoms with E-state index in [-0.39, 0.29) is 5.69 Å². The Bertz CT molecular complexity index is 562. The summed E-state index contributed by atoms with van der Waals surface area (Å²) < 4.78 is 28.2. The van der Waals surface area contributed by atoms with Crippen LogP contribution in [0.3, 0.4) is 0 Å². The molecule has 2 aromatic rings. The minimum absolute atomic E-state index is 0.0331. The molecule has 4 heteroatoms. The Morgan fingerprint density at radius 2 is 1.62 bits per heavy atom. The topological polar surface area (TPSA) is 15.3 Å². The quantitative estimate of drug-likeness (QED) is 0.877. The van der Waals surface area contributed by atoms with Gasteiger partial charge in [0.2, 0.25) is 0 Å². The number of nitrogens with one attached hydrogen (secondary N) is 1. The van der Waals surface area contributed by atoms with Crippen LogP contribution in [-0.2, 0) is 13.0 Å². The van der Waals surface area contributed by atoms with Crippen LogP contribution in [0.15, 0.2) is 42.5 Å². The van der Waals surface area contributed by atoms with E-state index >= 15 is 0 Å². The number of hydrogen-bond acceptors (Lipinski definition) is 2. The molecule has 0 aliphatic rings. The fraction of sp³-hybridized carbons (Fsp3) is 0.294. The third kappa shape index (κ3) is 4.02. The largest absolute Gasteiger partial charge is 0.370 e. The number of benzene rings is 2. The number of anilines is 1. The van der Waals surface area contributed by atoms with Crippen LogP contribution in [0, 0.1) is 11.6 Å². The number of halogens is 2. The summed E-state index contributed by atoms with van der Waals surface area (Å²) in [7, 11) is 3.46. The first-order valence-electron chi connectivity index (χ1n) is 6.99. The molecule has 0 heterocycles. The highest BCUT2D eigenvalue weighted by molar-refractivity contribution is 5.50. The maximum atomic E-state index is 14.1. The second-order valence-electron chi connectivity index (χ2n) is 5.10. The van der Waals surface area contributed by atoms with E-state index in [1.807, 2.05) is 30.3 Å². The molecule has 2 aromatic carbocycles. The monoisotopic (exact) mass is 290 g/mol. The van der Waals surface area contributed by atoms with Crippen LogP contribution in [0.4, 0.5) is 14.5 Å². The highest BCUT2D eigenvalue weighted by Gasteiger charge is 2.15. The van der Waals surface area contributed by atoms with Crippen LogP contribution in [-0.4, -0.2) is 20.6 Å². The van der Waals surface area contributed by atoms with Gasteiger partial charge in [0.05, 0.1) is 0 Å². The average Bonchev–Trinajstić information content (AvgIpc) is 2.46. The lowest BCUT2D eigenvalue weighted by molar-refractivity contribution is 0.571. The molecule has 1 N–H and O–H groups in total. The van der Waals surface area contributed by atoms with Crippen LogP contribution >= 0.6 is 0 Å². The number of nitrogens with zero attached hydrogens (tertiary/aromatic N) is 1. The third-order valence-corrected chi connectivity index (χ3v) is 3.42. The SMILES string of the molecule is CNCc1cc(F)c(N(C)CCc2ccccc2)c(F)c1. The van der Waals surface area contributed by atoms with E-state index < -0.39 is 11.6 Å². The Balaban J connectivity index is 2.10. The smallest absolute Gasteiger partial charge is 0.149 e. The fourth-order valence-electron chi connectivity index (χ4n) is 2.34. The fourth-order valence-corrected chi connectivity index (χ4v) is 2.34. The Labute approximate surface area is 124 Å². The molecule has 0 unspecified atom stereocenters. The normalized spacial score (nSPS) is 10.7. The third-order valence-electron chi connectivity index (χ3n) is 3.42. The molecule has 0 saturated heterocycles. The first-order valence-corrected chi connectivity index (χ1v) is 6.99. The molecule has 2 nitrogen and oxygen atoms in total. The summed E-state index contributed by atoms with van der Waals surface area (Å²) in [4.78, 5) is 1.63. The van der Waals surface area contributed by atoms with Crippen molar-refractivity contribution in [2.45, 2.75) is 13.0 Å². The zero-order chi connectivity index (χ0) is 15.2. The van der Waals surface area contributed by atoms with Crippen LogP contribution in [0.25, 0.3) is 0 Å². The molecule has 0 amide bonds. The molecule has 0 saturated carbocycles. The van der Waals surface area contributed by atoms with Crippen molar-refractivity contribution in [3.8, 4) is 0 Å². The lowest BCUT2D eigenvalue weighted by atomic mass is 10.1. The van der Waals surface area contributed by atoms with E-state index in [9.17, 15) is 8.78 Å². The van der Waals surface area contributed by atoms with Crippen molar-refractivity contribution in [2.24, 2.45) is 0 Å². The van der Waals surface area contributed by atoms with Crippen LogP contribution in [0.2, 0.25) is 0 Å². The van der Waals surface area contributed by atoms with E-state index in [0.29, 0.717) is 18.7 Å². The Morgan fingerprint density at radius 3 is 2.19 bits per heavy atom. The molecule has 0 aliphatic carbocycles. The maximum Gasteiger partial charge on any atom is 0.149 e. The molecule has 2 rings (SSSR count). The van der Waals surface area contributed by atoms with Gasteiger partial charge in [-0.25, -0.2) is 8.78 Å². The van der Waals surface area contributed by atoms with Gasteiger partial charge in [0.25, 0.3) is 0 Å². The Hall–Kier alpha value is -1.94. The predicted octanol–water partition coefficient (Wildman–Crippen LogP) is 3.36. The van der Waals surface area contributed by atoms with E-state index in [0.717, 1.165) is 12.0 Å². The molecular weight excluding hydrogens is 270 g/mol. The molecule has 0 spiro atoms. The van der Waals surface area contributed by atoms with Gasteiger partial charge in [-0.15, -0.1) is 0 Å². The summed E-state index contributed by atoms with van der Waals surface area (Å²) in [5, 5.41) is 2.89. The van der Waals surface area contributed by atoms with Gasteiger partial charge in [-0.1, -0.05) is 30.3 Å². The van der Waals surface area contributed by atoms with Crippen LogP contribution in [0.5, 0.6) is 0 Å². The number of likely N-dealkylation sites (N-methyl/N-ethyl adjacent to an activating group) is 1. The summed E-state index contributed by atoms with van der Waals surface area (Å²) in [5.74, 6) is -1.04. The summed E-state index contributed by atoms with van der Waals surface area (Å²) in [5.41, 5.74) is 1.79. The maximum absolute atomic E-state index is 14.1. The molecule has 0 aliphatic heterocycles. The van der Waals surface area contributed by atoms with Gasteiger partial charge in [0, 0.05) is 20.1 Å². The van der Waals surface area contributed by atoms with Gasteiger partial charge < -0.3 is 10.2 Å². The van der Waals surface area contributed by atoms with Crippen molar-refractivity contribution in [1.82, 2.24) is 5.32 Å². The van der Waals surface area contributed by atoms with E-state index in [1.165, 1.54) is 12.1 Å². The molecule has 0 fully saturated rings. The van der Waals surface area contributed by atoms with Crippen molar-refractivity contribution < 1.29 is 8.78 Å². The van der Waals surface area contributed by atoms with Crippen LogP contribution < -0.4 is 10.2 Å². The predicted molar refractivity (Wildman–Crippen MR) is 82.5 cm³/mol. The standard InChI is InChI=1S/C17H20F2N2/c1-20-12-14-10-15(18)17(16(19)11-14)21(2)9-8-13-6-4-3-5-7-13/h3-7,10-11,20H,8-9,12H2,1-2H3. The van der Waals surface area contributed by atoms with Crippen molar-refractivity contribution in [3.63, 3.8) is 0 Å². The molecule has 112 valence electrons. The van der Waals surface area contributed by atoms with E-state index in [4.69, 9.17) is 0 Å². The second-order valence-corrected chi connectivity index (χ2v) is 5.10. The molecule has 0 radical (unpaired) electrons. The lowest BCUT2D eigenvalue weighted by Crippen LogP contribution is -2.23. The first-order chi connectivity index (χ1) is 10.1. The highest BCUT2D eigenvalue weighted by Crippen LogP contribution is 2.24. The molecule has 0 atom stereocenters. The van der Waals surface area contributed by atoms with E-state index in [2.05, 4.69) is 5.32 Å². The van der Waals surface area contributed by atoms with E-state index in [1.54, 1.807) is 19.0 Å². The summed E-state index contributed by atoms with van der Waals surface area (Å²) in [6.45, 7) is 1.01. The minimum Gasteiger partial charge on any atom is -0.370 e. The molecule has 21 heavy (non-hydrogen) atoms. The summed E-state index contributed by atoms with van der Waals surface area (Å²) >= 11 is 0. The Morgan fingerprint density at radius 1 is 1.00 bits per heavy atom. The van der Waals surface area contributed by atoms with Gasteiger partial charge in [0.1, 0.15) is 17.3 Å². The van der Waals surface area contributed by atoms with Crippen molar-refractivity contribution in [3.05, 3.63) is 65.2 Å². The second kappa shape index (κ2) is 7.18. The van der Waals surface area contributed by atoms with Crippen molar-refractivity contribution in [2.75, 3.05) is 25.5 Å². The first kappa shape index (κ1) is 15.4. The Kier molecular flexibility index (Phi) is 5.28. The zero-order valence-electron chi connectivity index (χ0n) is 12.4. The summed E-state index contributed by atoms with van der Waals surface area (Å²) in [6, 6.07) is 12.7. The van der Waals surface area contributed by atoms with Gasteiger partial charge in [0.15, 0.2) is 0 Å².